The van der Waals surface area contributed by atoms with E-state index in [-0.39, 0.29) is 11.8 Å². The van der Waals surface area contributed by atoms with E-state index in [4.69, 9.17) is 9.47 Å². The Hall–Kier alpha value is -3.28. The number of nitrogens with zero attached hydrogens (tertiary/aromatic N) is 2. The Balaban J connectivity index is 1.42. The van der Waals surface area contributed by atoms with Gasteiger partial charge in [0.25, 0.3) is 5.91 Å². The van der Waals surface area contributed by atoms with E-state index in [1.54, 1.807) is 14.2 Å². The van der Waals surface area contributed by atoms with Crippen molar-refractivity contribution in [2.45, 2.75) is 31.7 Å². The third kappa shape index (κ3) is 4.32. The first-order valence-electron chi connectivity index (χ1n) is 10.3. The first-order valence-corrected chi connectivity index (χ1v) is 10.3. The van der Waals surface area contributed by atoms with Crippen molar-refractivity contribution in [2.75, 3.05) is 20.8 Å². The van der Waals surface area contributed by atoms with E-state index in [2.05, 4.69) is 27.0 Å². The Kier molecular flexibility index (Phi) is 6.02. The van der Waals surface area contributed by atoms with E-state index in [0.29, 0.717) is 12.2 Å². The number of ether oxygens (including phenoxy) is 2. The highest BCUT2D eigenvalue weighted by Crippen LogP contribution is 2.36. The van der Waals surface area contributed by atoms with Gasteiger partial charge in [-0.1, -0.05) is 30.3 Å². The van der Waals surface area contributed by atoms with E-state index in [9.17, 15) is 4.79 Å². The van der Waals surface area contributed by atoms with Crippen LogP contribution < -0.4 is 14.8 Å². The van der Waals surface area contributed by atoms with Crippen molar-refractivity contribution in [1.82, 2.24) is 14.9 Å². The second kappa shape index (κ2) is 9.03. The summed E-state index contributed by atoms with van der Waals surface area (Å²) in [4.78, 5) is 17.1. The van der Waals surface area contributed by atoms with E-state index in [1.807, 2.05) is 42.6 Å². The highest BCUT2D eigenvalue weighted by Gasteiger charge is 2.25. The molecule has 0 bridgehead atoms. The van der Waals surface area contributed by atoms with Gasteiger partial charge in [0.05, 0.1) is 14.2 Å². The Labute approximate surface area is 176 Å². The van der Waals surface area contributed by atoms with Gasteiger partial charge in [0, 0.05) is 37.2 Å². The van der Waals surface area contributed by atoms with Crippen LogP contribution >= 0.6 is 0 Å². The molecule has 2 aromatic carbocycles. The first-order chi connectivity index (χ1) is 14.7. The molecular weight excluding hydrogens is 378 g/mol. The number of carbonyl (C=O) groups is 1. The zero-order valence-electron chi connectivity index (χ0n) is 17.4. The number of nitrogens with one attached hydrogen (secondary N) is 1. The fourth-order valence-electron chi connectivity index (χ4n) is 4.02. The lowest BCUT2D eigenvalue weighted by atomic mass is 9.90. The van der Waals surface area contributed by atoms with Gasteiger partial charge in [-0.15, -0.1) is 0 Å². The highest BCUT2D eigenvalue weighted by atomic mass is 16.5. The van der Waals surface area contributed by atoms with E-state index in [0.717, 1.165) is 48.7 Å². The zero-order valence-corrected chi connectivity index (χ0v) is 17.4. The van der Waals surface area contributed by atoms with Crippen LogP contribution in [0.1, 0.15) is 39.8 Å². The topological polar surface area (TPSA) is 65.4 Å². The third-order valence-corrected chi connectivity index (χ3v) is 5.64. The van der Waals surface area contributed by atoms with Gasteiger partial charge in [-0.25, -0.2) is 4.98 Å². The van der Waals surface area contributed by atoms with Crippen molar-refractivity contribution in [3.05, 3.63) is 77.4 Å². The predicted octanol–water partition coefficient (Wildman–Crippen LogP) is 3.60. The minimum atomic E-state index is -0.122. The molecule has 1 aliphatic rings. The Morgan fingerprint density at radius 2 is 2.00 bits per heavy atom. The summed E-state index contributed by atoms with van der Waals surface area (Å²) in [5.74, 6) is 2.80. The SMILES string of the molecule is COc1ccc(OC)c(C2CCc3nc(C(=O)NCCc4ccccc4)cn3C2)c1. The smallest absolute Gasteiger partial charge is 0.271 e. The highest BCUT2D eigenvalue weighted by molar-refractivity contribution is 5.92. The molecule has 0 aliphatic carbocycles. The maximum atomic E-state index is 12.6. The number of carbonyl (C=O) groups excluding carboxylic acids is 1. The maximum Gasteiger partial charge on any atom is 0.271 e. The van der Waals surface area contributed by atoms with Crippen LogP contribution in [0.4, 0.5) is 0 Å². The fraction of sp³-hybridized carbons (Fsp3) is 0.333. The van der Waals surface area contributed by atoms with Crippen LogP contribution in [-0.2, 0) is 19.4 Å². The second-order valence-corrected chi connectivity index (χ2v) is 7.53. The molecule has 6 nitrogen and oxygen atoms in total. The number of hydrogen-bond acceptors (Lipinski definition) is 4. The largest absolute Gasteiger partial charge is 0.497 e. The van der Waals surface area contributed by atoms with Crippen LogP contribution in [-0.4, -0.2) is 36.2 Å². The van der Waals surface area contributed by atoms with Crippen LogP contribution in [0.2, 0.25) is 0 Å². The van der Waals surface area contributed by atoms with E-state index >= 15 is 0 Å². The normalized spacial score (nSPS) is 15.3. The summed E-state index contributed by atoms with van der Waals surface area (Å²) in [6, 6.07) is 16.0. The van der Waals surface area contributed by atoms with Crippen molar-refractivity contribution in [1.29, 1.82) is 0 Å². The van der Waals surface area contributed by atoms with Gasteiger partial charge in [-0.3, -0.25) is 4.79 Å². The van der Waals surface area contributed by atoms with Crippen LogP contribution in [0.3, 0.4) is 0 Å². The average Bonchev–Trinajstić information content (AvgIpc) is 3.23. The molecular formula is C24H27N3O3. The predicted molar refractivity (Wildman–Crippen MR) is 115 cm³/mol. The number of benzene rings is 2. The number of aryl methyl sites for hydroxylation is 1. The summed E-state index contributed by atoms with van der Waals surface area (Å²) < 4.78 is 13.1. The fourth-order valence-corrected chi connectivity index (χ4v) is 4.02. The molecule has 30 heavy (non-hydrogen) atoms. The van der Waals surface area contributed by atoms with Crippen molar-refractivity contribution in [3.63, 3.8) is 0 Å². The van der Waals surface area contributed by atoms with E-state index < -0.39 is 0 Å². The molecule has 0 fully saturated rings. The number of methoxy groups -OCH3 is 2. The van der Waals surface area contributed by atoms with Crippen molar-refractivity contribution in [3.8, 4) is 11.5 Å². The quantitative estimate of drug-likeness (QED) is 0.652. The number of rotatable bonds is 7. The van der Waals surface area contributed by atoms with Gasteiger partial charge in [0.15, 0.2) is 0 Å². The molecule has 1 aliphatic heterocycles. The lowest BCUT2D eigenvalue weighted by molar-refractivity contribution is 0.0949. The van der Waals surface area contributed by atoms with Gasteiger partial charge >= 0.3 is 0 Å². The van der Waals surface area contributed by atoms with Crippen molar-refractivity contribution < 1.29 is 14.3 Å². The minimum Gasteiger partial charge on any atom is -0.497 e. The zero-order chi connectivity index (χ0) is 20.9. The molecule has 4 rings (SSSR count). The first kappa shape index (κ1) is 20.0. The van der Waals surface area contributed by atoms with Crippen LogP contribution in [0.15, 0.2) is 54.7 Å². The monoisotopic (exact) mass is 405 g/mol. The number of fused-ring (bicyclic) bond motifs is 1. The van der Waals surface area contributed by atoms with Gasteiger partial charge in [0.1, 0.15) is 23.0 Å². The van der Waals surface area contributed by atoms with Gasteiger partial charge in [-0.2, -0.15) is 0 Å². The molecule has 0 saturated carbocycles. The maximum absolute atomic E-state index is 12.6. The number of amides is 1. The number of imidazole rings is 1. The molecule has 6 heteroatoms. The molecule has 0 spiro atoms. The molecule has 156 valence electrons. The standard InChI is InChI=1S/C24H27N3O3/c1-29-19-9-10-22(30-2)20(14-19)18-8-11-23-26-21(16-27(23)15-18)24(28)25-13-12-17-6-4-3-5-7-17/h3-7,9-10,14,16,18H,8,11-13,15H2,1-2H3,(H,25,28). The minimum absolute atomic E-state index is 0.122. The summed E-state index contributed by atoms with van der Waals surface area (Å²) in [5.41, 5.74) is 2.82. The molecule has 2 heterocycles. The van der Waals surface area contributed by atoms with E-state index in [1.165, 1.54) is 5.56 Å². The average molecular weight is 405 g/mol. The molecule has 1 unspecified atom stereocenters. The van der Waals surface area contributed by atoms with Crippen LogP contribution in [0.5, 0.6) is 11.5 Å². The van der Waals surface area contributed by atoms with Crippen LogP contribution in [0, 0.1) is 0 Å². The molecule has 1 amide bonds. The van der Waals surface area contributed by atoms with Gasteiger partial charge in [0.2, 0.25) is 0 Å². The Morgan fingerprint density at radius 1 is 1.17 bits per heavy atom. The van der Waals surface area contributed by atoms with Crippen molar-refractivity contribution in [2.24, 2.45) is 0 Å². The second-order valence-electron chi connectivity index (χ2n) is 7.53. The Bertz CT molecular complexity index is 1010. The summed E-state index contributed by atoms with van der Waals surface area (Å²) in [6.07, 6.45) is 4.45. The van der Waals surface area contributed by atoms with Crippen molar-refractivity contribution >= 4 is 5.91 Å². The van der Waals surface area contributed by atoms with Crippen LogP contribution in [0.25, 0.3) is 0 Å². The summed E-state index contributed by atoms with van der Waals surface area (Å²) in [5, 5.41) is 2.98. The summed E-state index contributed by atoms with van der Waals surface area (Å²) in [6.45, 7) is 1.36. The molecule has 0 saturated heterocycles. The molecule has 1 N–H and O–H groups in total. The molecule has 1 atom stereocenters. The Morgan fingerprint density at radius 3 is 2.77 bits per heavy atom. The third-order valence-electron chi connectivity index (χ3n) is 5.64. The summed E-state index contributed by atoms with van der Waals surface area (Å²) in [7, 11) is 3.36. The summed E-state index contributed by atoms with van der Waals surface area (Å²) >= 11 is 0. The van der Waals surface area contributed by atoms with Gasteiger partial charge < -0.3 is 19.4 Å². The molecule has 0 radical (unpaired) electrons. The lowest BCUT2D eigenvalue weighted by Gasteiger charge is -2.25. The molecule has 3 aromatic rings. The van der Waals surface area contributed by atoms with Gasteiger partial charge in [-0.05, 0) is 36.6 Å². The number of hydrogen-bond donors (Lipinski definition) is 1. The number of aromatic nitrogens is 2. The lowest BCUT2D eigenvalue weighted by Crippen LogP contribution is -2.26. The molecule has 1 aromatic heterocycles.